The minimum absolute atomic E-state index is 0.0424. The first-order valence-corrected chi connectivity index (χ1v) is 11.3. The Labute approximate surface area is 200 Å². The van der Waals surface area contributed by atoms with Crippen LogP contribution in [-0.2, 0) is 6.54 Å². The molecule has 3 aromatic heterocycles. The van der Waals surface area contributed by atoms with Gasteiger partial charge in [-0.05, 0) is 18.4 Å². The molecule has 5 rings (SSSR count). The summed E-state index contributed by atoms with van der Waals surface area (Å²) < 4.78 is 1.70. The van der Waals surface area contributed by atoms with Crippen molar-refractivity contribution in [2.24, 2.45) is 0 Å². The number of carbonyl (C=O) groups is 2. The van der Waals surface area contributed by atoms with E-state index >= 15 is 0 Å². The molecule has 1 aliphatic heterocycles. The lowest BCUT2D eigenvalue weighted by Crippen LogP contribution is -2.47. The first-order valence-electron chi connectivity index (χ1n) is 11.3. The number of benzene rings is 1. The van der Waals surface area contributed by atoms with E-state index < -0.39 is 6.09 Å². The normalized spacial score (nSPS) is 15.8. The Morgan fingerprint density at radius 2 is 2.03 bits per heavy atom. The summed E-state index contributed by atoms with van der Waals surface area (Å²) in [5.74, 6) is -0.386. The summed E-state index contributed by atoms with van der Waals surface area (Å²) in [7, 11) is 0. The van der Waals surface area contributed by atoms with Crippen LogP contribution >= 0.6 is 0 Å². The number of aromatic hydroxyl groups is 1. The number of anilines is 2. The fourth-order valence-electron chi connectivity index (χ4n) is 4.49. The Hall–Kier alpha value is -4.54. The quantitative estimate of drug-likeness (QED) is 0.288. The predicted octanol–water partition coefficient (Wildman–Crippen LogP) is 3.00. The fraction of sp³-hybridized carbons (Fsp3) is 0.250. The summed E-state index contributed by atoms with van der Waals surface area (Å²) in [5.41, 5.74) is 2.94. The molecule has 0 bridgehead atoms. The second kappa shape index (κ2) is 9.37. The Kier molecular flexibility index (Phi) is 5.96. The van der Waals surface area contributed by atoms with E-state index in [9.17, 15) is 14.7 Å². The number of nitrogens with zero attached hydrogens (tertiary/aromatic N) is 4. The van der Waals surface area contributed by atoms with Crippen molar-refractivity contribution in [3.8, 4) is 5.75 Å². The summed E-state index contributed by atoms with van der Waals surface area (Å²) in [6.07, 6.45) is 6.55. The fourth-order valence-corrected chi connectivity index (χ4v) is 4.49. The zero-order valence-corrected chi connectivity index (χ0v) is 18.8. The van der Waals surface area contributed by atoms with Gasteiger partial charge in [-0.1, -0.05) is 30.3 Å². The Bertz CT molecular complexity index is 1360. The highest BCUT2D eigenvalue weighted by Crippen LogP contribution is 2.39. The van der Waals surface area contributed by atoms with Crippen molar-refractivity contribution in [3.05, 3.63) is 66.2 Å². The number of carboxylic acid groups (broad SMARTS) is 1. The van der Waals surface area contributed by atoms with Gasteiger partial charge in [0.15, 0.2) is 5.75 Å². The number of hydrogen-bond donors (Lipinski definition) is 5. The van der Waals surface area contributed by atoms with Crippen LogP contribution in [0.4, 0.5) is 16.2 Å². The molecule has 35 heavy (non-hydrogen) atoms. The molecule has 11 nitrogen and oxygen atoms in total. The standard InChI is InChI=1S/C24H25N7O4/c32-19-11-26-22-20(21(19)30-8-4-7-17(14-30)28-24(34)35)18(10-25-22)29-23(33)16-9-27-31(13-16)12-15-5-2-1-3-6-15/h1-3,5-6,9-11,13,17,28,32H,4,7-8,12,14H2,(H,25,26)(H,29,33)(H,34,35)/t17-/m1/s1. The maximum absolute atomic E-state index is 13.0. The number of rotatable bonds is 6. The average molecular weight is 476 g/mol. The van der Waals surface area contributed by atoms with Crippen LogP contribution in [0.3, 0.4) is 0 Å². The number of nitrogens with one attached hydrogen (secondary N) is 3. The summed E-state index contributed by atoms with van der Waals surface area (Å²) in [6.45, 7) is 1.57. The van der Waals surface area contributed by atoms with E-state index in [2.05, 4.69) is 25.7 Å². The highest BCUT2D eigenvalue weighted by molar-refractivity contribution is 6.12. The molecule has 0 unspecified atom stereocenters. The zero-order valence-electron chi connectivity index (χ0n) is 18.8. The number of piperidine rings is 1. The van der Waals surface area contributed by atoms with E-state index in [4.69, 9.17) is 5.11 Å². The third kappa shape index (κ3) is 4.74. The molecule has 11 heteroatoms. The maximum Gasteiger partial charge on any atom is 0.404 e. The van der Waals surface area contributed by atoms with E-state index in [0.717, 1.165) is 12.0 Å². The minimum atomic E-state index is -1.08. The molecule has 4 aromatic rings. The summed E-state index contributed by atoms with van der Waals surface area (Å²) in [4.78, 5) is 33.3. The van der Waals surface area contributed by atoms with Gasteiger partial charge in [-0.2, -0.15) is 5.10 Å². The van der Waals surface area contributed by atoms with Crippen LogP contribution < -0.4 is 15.5 Å². The van der Waals surface area contributed by atoms with Crippen LogP contribution in [0.25, 0.3) is 11.0 Å². The molecule has 0 saturated carbocycles. The topological polar surface area (TPSA) is 148 Å². The maximum atomic E-state index is 13.0. The van der Waals surface area contributed by atoms with Crippen molar-refractivity contribution in [1.82, 2.24) is 25.1 Å². The lowest BCUT2D eigenvalue weighted by atomic mass is 10.0. The molecule has 0 aliphatic carbocycles. The van der Waals surface area contributed by atoms with Gasteiger partial charge in [-0.3, -0.25) is 9.48 Å². The Balaban J connectivity index is 1.39. The summed E-state index contributed by atoms with van der Waals surface area (Å²) >= 11 is 0. The highest BCUT2D eigenvalue weighted by Gasteiger charge is 2.27. The first-order chi connectivity index (χ1) is 17.0. The van der Waals surface area contributed by atoms with Crippen LogP contribution in [0.5, 0.6) is 5.75 Å². The smallest absolute Gasteiger partial charge is 0.404 e. The molecule has 1 saturated heterocycles. The van der Waals surface area contributed by atoms with E-state index in [1.807, 2.05) is 35.2 Å². The van der Waals surface area contributed by atoms with Crippen molar-refractivity contribution < 1.29 is 19.8 Å². The second-order valence-corrected chi connectivity index (χ2v) is 8.52. The van der Waals surface area contributed by atoms with Crippen molar-refractivity contribution in [2.75, 3.05) is 23.3 Å². The van der Waals surface area contributed by atoms with Crippen LogP contribution in [-0.4, -0.2) is 61.1 Å². The number of amides is 2. The summed E-state index contributed by atoms with van der Waals surface area (Å²) in [6, 6.07) is 9.56. The largest absolute Gasteiger partial charge is 0.504 e. The Morgan fingerprint density at radius 1 is 1.20 bits per heavy atom. The molecule has 0 spiro atoms. The molecule has 0 radical (unpaired) electrons. The lowest BCUT2D eigenvalue weighted by molar-refractivity contribution is 0.102. The lowest BCUT2D eigenvalue weighted by Gasteiger charge is -2.35. The number of aromatic nitrogens is 4. The van der Waals surface area contributed by atoms with E-state index in [1.54, 1.807) is 17.1 Å². The first kappa shape index (κ1) is 22.3. The molecule has 1 aromatic carbocycles. The third-order valence-corrected chi connectivity index (χ3v) is 6.05. The van der Waals surface area contributed by atoms with Gasteiger partial charge in [0.2, 0.25) is 0 Å². The number of carbonyl (C=O) groups excluding carboxylic acids is 1. The van der Waals surface area contributed by atoms with E-state index in [-0.39, 0.29) is 17.7 Å². The average Bonchev–Trinajstić information content (AvgIpc) is 3.47. The van der Waals surface area contributed by atoms with Gasteiger partial charge >= 0.3 is 6.09 Å². The van der Waals surface area contributed by atoms with Gasteiger partial charge in [0.05, 0.1) is 41.3 Å². The van der Waals surface area contributed by atoms with Crippen LogP contribution in [0.1, 0.15) is 28.8 Å². The highest BCUT2D eigenvalue weighted by atomic mass is 16.4. The molecule has 2 amide bonds. The number of fused-ring (bicyclic) bond motifs is 1. The molecule has 1 atom stereocenters. The minimum Gasteiger partial charge on any atom is -0.504 e. The van der Waals surface area contributed by atoms with Gasteiger partial charge in [0.25, 0.3) is 5.91 Å². The van der Waals surface area contributed by atoms with Crippen molar-refractivity contribution >= 4 is 34.4 Å². The van der Waals surface area contributed by atoms with Gasteiger partial charge in [0, 0.05) is 31.5 Å². The molecule has 180 valence electrons. The van der Waals surface area contributed by atoms with Crippen molar-refractivity contribution in [3.63, 3.8) is 0 Å². The molecule has 1 fully saturated rings. The molecule has 4 heterocycles. The second-order valence-electron chi connectivity index (χ2n) is 8.52. The van der Waals surface area contributed by atoms with Gasteiger partial charge in [0.1, 0.15) is 5.65 Å². The van der Waals surface area contributed by atoms with E-state index in [1.165, 1.54) is 12.4 Å². The molecular formula is C24H25N7O4. The van der Waals surface area contributed by atoms with Gasteiger partial charge < -0.3 is 30.7 Å². The van der Waals surface area contributed by atoms with Crippen molar-refractivity contribution in [1.29, 1.82) is 0 Å². The molecular weight excluding hydrogens is 450 g/mol. The monoisotopic (exact) mass is 475 g/mol. The Morgan fingerprint density at radius 3 is 2.83 bits per heavy atom. The molecule has 1 aliphatic rings. The van der Waals surface area contributed by atoms with Crippen molar-refractivity contribution in [2.45, 2.75) is 25.4 Å². The van der Waals surface area contributed by atoms with Crippen LogP contribution in [0, 0.1) is 0 Å². The summed E-state index contributed by atoms with van der Waals surface area (Å²) in [5, 5.41) is 30.1. The number of hydrogen-bond acceptors (Lipinski definition) is 6. The SMILES string of the molecule is O=C(O)N[C@@H]1CCCN(c2c(O)cnc3[nH]cc(NC(=O)c4cnn(Cc5ccccc5)c4)c23)C1. The predicted molar refractivity (Wildman–Crippen MR) is 130 cm³/mol. The zero-order chi connectivity index (χ0) is 24.4. The number of H-pyrrole nitrogens is 1. The third-order valence-electron chi connectivity index (χ3n) is 6.05. The molecule has 5 N–H and O–H groups in total. The van der Waals surface area contributed by atoms with Gasteiger partial charge in [-0.15, -0.1) is 0 Å². The van der Waals surface area contributed by atoms with Crippen LogP contribution in [0.15, 0.2) is 55.1 Å². The van der Waals surface area contributed by atoms with E-state index in [0.29, 0.717) is 54.0 Å². The number of aromatic amines is 1. The van der Waals surface area contributed by atoms with Crippen LogP contribution in [0.2, 0.25) is 0 Å². The van der Waals surface area contributed by atoms with Gasteiger partial charge in [-0.25, -0.2) is 9.78 Å². The number of pyridine rings is 1.